The second-order valence-electron chi connectivity index (χ2n) is 5.51. The van der Waals surface area contributed by atoms with Crippen molar-refractivity contribution in [3.63, 3.8) is 0 Å². The molecule has 3 rings (SSSR count). The lowest BCUT2D eigenvalue weighted by molar-refractivity contribution is 0.306. The zero-order valence-corrected chi connectivity index (χ0v) is 14.8. The van der Waals surface area contributed by atoms with Gasteiger partial charge < -0.3 is 9.15 Å². The van der Waals surface area contributed by atoms with Crippen LogP contribution in [0.3, 0.4) is 0 Å². The van der Waals surface area contributed by atoms with Gasteiger partial charge in [0.1, 0.15) is 5.75 Å². The van der Waals surface area contributed by atoms with Crippen molar-refractivity contribution >= 4 is 18.4 Å². The molecule has 0 aliphatic heterocycles. The first-order valence-electron chi connectivity index (χ1n) is 8.26. The molecule has 0 atom stereocenters. The first-order chi connectivity index (χ1) is 12.3. The average molecular weight is 356 g/mol. The molecule has 0 unspecified atom stereocenters. The van der Waals surface area contributed by atoms with Crippen LogP contribution in [0.1, 0.15) is 31.7 Å². The number of benzene rings is 1. The SMILES string of the molecule is CCCCCOc1ccc(/C=N\n2c(-c3ccco3)n[nH]c2=S)cc1. The summed E-state index contributed by atoms with van der Waals surface area (Å²) in [5, 5.41) is 11.3. The van der Waals surface area contributed by atoms with Gasteiger partial charge >= 0.3 is 0 Å². The van der Waals surface area contributed by atoms with Gasteiger partial charge in [0.2, 0.25) is 10.6 Å². The van der Waals surface area contributed by atoms with Crippen LogP contribution in [0.4, 0.5) is 0 Å². The number of hydrogen-bond donors (Lipinski definition) is 1. The lowest BCUT2D eigenvalue weighted by Crippen LogP contribution is -1.97. The van der Waals surface area contributed by atoms with Crippen LogP contribution in [0.5, 0.6) is 5.75 Å². The van der Waals surface area contributed by atoms with Crippen LogP contribution in [0.25, 0.3) is 11.6 Å². The molecular weight excluding hydrogens is 336 g/mol. The van der Waals surface area contributed by atoms with Gasteiger partial charge in [-0.15, -0.1) is 5.10 Å². The van der Waals surface area contributed by atoms with Gasteiger partial charge in [0.05, 0.1) is 19.1 Å². The second-order valence-corrected chi connectivity index (χ2v) is 5.90. The standard InChI is InChI=1S/C18H20N4O2S/c1-2-3-4-11-23-15-9-7-14(8-10-15)13-19-22-17(20-21-18(22)25)16-6-5-12-24-16/h5-10,12-13H,2-4,11H2,1H3,(H,21,25)/b19-13-. The fourth-order valence-corrected chi connectivity index (χ4v) is 2.46. The van der Waals surface area contributed by atoms with E-state index in [4.69, 9.17) is 21.4 Å². The molecule has 2 heterocycles. The van der Waals surface area contributed by atoms with Crippen molar-refractivity contribution in [1.82, 2.24) is 14.9 Å². The molecule has 130 valence electrons. The van der Waals surface area contributed by atoms with E-state index in [9.17, 15) is 0 Å². The summed E-state index contributed by atoms with van der Waals surface area (Å²) in [6.45, 7) is 2.93. The maximum Gasteiger partial charge on any atom is 0.219 e. The highest BCUT2D eigenvalue weighted by Crippen LogP contribution is 2.17. The van der Waals surface area contributed by atoms with Crippen molar-refractivity contribution in [1.29, 1.82) is 0 Å². The quantitative estimate of drug-likeness (QED) is 0.362. The largest absolute Gasteiger partial charge is 0.494 e. The van der Waals surface area contributed by atoms with Gasteiger partial charge in [-0.1, -0.05) is 19.8 Å². The molecule has 0 fully saturated rings. The summed E-state index contributed by atoms with van der Waals surface area (Å²) in [6.07, 6.45) is 6.76. The van der Waals surface area contributed by atoms with Gasteiger partial charge in [0.25, 0.3) is 0 Å². The highest BCUT2D eigenvalue weighted by atomic mass is 32.1. The van der Waals surface area contributed by atoms with Gasteiger partial charge in [-0.25, -0.2) is 5.10 Å². The fourth-order valence-electron chi connectivity index (χ4n) is 2.28. The number of ether oxygens (including phenoxy) is 1. The van der Waals surface area contributed by atoms with E-state index in [2.05, 4.69) is 22.2 Å². The van der Waals surface area contributed by atoms with E-state index < -0.39 is 0 Å². The Morgan fingerprint density at radius 2 is 2.12 bits per heavy atom. The number of furan rings is 1. The summed E-state index contributed by atoms with van der Waals surface area (Å²) in [4.78, 5) is 0. The molecular formula is C18H20N4O2S. The number of unbranched alkanes of at least 4 members (excludes halogenated alkanes) is 2. The van der Waals surface area contributed by atoms with Crippen LogP contribution in [0, 0.1) is 4.77 Å². The number of H-pyrrole nitrogens is 1. The molecule has 0 saturated carbocycles. The predicted molar refractivity (Wildman–Crippen MR) is 99.6 cm³/mol. The summed E-state index contributed by atoms with van der Waals surface area (Å²) < 4.78 is 13.0. The molecule has 0 spiro atoms. The Hall–Kier alpha value is -2.67. The molecule has 25 heavy (non-hydrogen) atoms. The van der Waals surface area contributed by atoms with Crippen LogP contribution in [-0.2, 0) is 0 Å². The van der Waals surface area contributed by atoms with E-state index in [1.807, 2.05) is 30.3 Å². The lowest BCUT2D eigenvalue weighted by atomic mass is 10.2. The number of hydrogen-bond acceptors (Lipinski definition) is 5. The number of aromatic amines is 1. The zero-order chi connectivity index (χ0) is 17.5. The van der Waals surface area contributed by atoms with Crippen molar-refractivity contribution < 1.29 is 9.15 Å². The Morgan fingerprint density at radius 3 is 2.84 bits per heavy atom. The minimum atomic E-state index is 0.401. The molecule has 1 aromatic carbocycles. The molecule has 0 radical (unpaired) electrons. The minimum Gasteiger partial charge on any atom is -0.494 e. The van der Waals surface area contributed by atoms with Crippen molar-refractivity contribution in [3.8, 4) is 17.3 Å². The van der Waals surface area contributed by atoms with E-state index >= 15 is 0 Å². The van der Waals surface area contributed by atoms with E-state index in [0.29, 0.717) is 16.4 Å². The van der Waals surface area contributed by atoms with E-state index in [1.165, 1.54) is 17.5 Å². The summed E-state index contributed by atoms with van der Waals surface area (Å²) in [5.41, 5.74) is 0.939. The Morgan fingerprint density at radius 1 is 1.28 bits per heavy atom. The van der Waals surface area contributed by atoms with Crippen molar-refractivity contribution in [2.24, 2.45) is 5.10 Å². The van der Waals surface area contributed by atoms with Crippen molar-refractivity contribution in [3.05, 3.63) is 53.0 Å². The van der Waals surface area contributed by atoms with Crippen molar-refractivity contribution in [2.45, 2.75) is 26.2 Å². The molecule has 0 saturated heterocycles. The third-order valence-corrected chi connectivity index (χ3v) is 3.88. The number of nitrogens with one attached hydrogen (secondary N) is 1. The topological polar surface area (TPSA) is 68.3 Å². The lowest BCUT2D eigenvalue weighted by Gasteiger charge is -2.05. The summed E-state index contributed by atoms with van der Waals surface area (Å²) in [7, 11) is 0. The number of aromatic nitrogens is 3. The van der Waals surface area contributed by atoms with Crippen LogP contribution in [0.2, 0.25) is 0 Å². The Balaban J connectivity index is 1.69. The summed E-state index contributed by atoms with van der Waals surface area (Å²) in [5.74, 6) is 1.99. The maximum absolute atomic E-state index is 5.71. The molecule has 6 nitrogen and oxygen atoms in total. The molecule has 0 aliphatic rings. The molecule has 3 aromatic rings. The number of rotatable bonds is 8. The van der Waals surface area contributed by atoms with Gasteiger partial charge in [-0.2, -0.15) is 9.78 Å². The Bertz CT molecular complexity index is 863. The van der Waals surface area contributed by atoms with Crippen LogP contribution in [-0.4, -0.2) is 27.7 Å². The Labute approximate surface area is 151 Å². The average Bonchev–Trinajstić information content (AvgIpc) is 3.28. The third kappa shape index (κ3) is 4.45. The Kier molecular flexibility index (Phi) is 5.79. The molecule has 0 aliphatic carbocycles. The van der Waals surface area contributed by atoms with Gasteiger partial charge in [0.15, 0.2) is 5.76 Å². The molecule has 7 heteroatoms. The third-order valence-electron chi connectivity index (χ3n) is 3.61. The molecule has 0 amide bonds. The van der Waals surface area contributed by atoms with E-state index in [1.54, 1.807) is 18.5 Å². The van der Waals surface area contributed by atoms with Gasteiger partial charge in [0, 0.05) is 0 Å². The van der Waals surface area contributed by atoms with Crippen LogP contribution >= 0.6 is 12.2 Å². The first-order valence-corrected chi connectivity index (χ1v) is 8.67. The summed E-state index contributed by atoms with van der Waals surface area (Å²) in [6, 6.07) is 11.4. The monoisotopic (exact) mass is 356 g/mol. The molecule has 0 bridgehead atoms. The van der Waals surface area contributed by atoms with Crippen LogP contribution in [0.15, 0.2) is 52.2 Å². The highest BCUT2D eigenvalue weighted by molar-refractivity contribution is 7.71. The van der Waals surface area contributed by atoms with Crippen LogP contribution < -0.4 is 4.74 Å². The van der Waals surface area contributed by atoms with E-state index in [-0.39, 0.29) is 0 Å². The minimum absolute atomic E-state index is 0.401. The van der Waals surface area contributed by atoms with Gasteiger partial charge in [-0.3, -0.25) is 0 Å². The number of nitrogens with zero attached hydrogens (tertiary/aromatic N) is 3. The van der Waals surface area contributed by atoms with Crippen molar-refractivity contribution in [2.75, 3.05) is 6.61 Å². The summed E-state index contributed by atoms with van der Waals surface area (Å²) >= 11 is 5.22. The smallest absolute Gasteiger partial charge is 0.219 e. The zero-order valence-electron chi connectivity index (χ0n) is 14.0. The fraction of sp³-hybridized carbons (Fsp3) is 0.278. The maximum atomic E-state index is 5.71. The molecule has 2 aromatic heterocycles. The van der Waals surface area contributed by atoms with Gasteiger partial charge in [-0.05, 0) is 60.6 Å². The molecule has 1 N–H and O–H groups in total. The predicted octanol–water partition coefficient (Wildman–Crippen LogP) is 4.65. The second kappa shape index (κ2) is 8.43. The highest BCUT2D eigenvalue weighted by Gasteiger charge is 2.10. The normalized spacial score (nSPS) is 11.2. The van der Waals surface area contributed by atoms with E-state index in [0.717, 1.165) is 24.3 Å². The first kappa shape index (κ1) is 17.2.